The van der Waals surface area contributed by atoms with E-state index in [1.54, 1.807) is 7.11 Å². The summed E-state index contributed by atoms with van der Waals surface area (Å²) in [4.78, 5) is 4.32. The normalized spacial score (nSPS) is 28.1. The van der Waals surface area contributed by atoms with Crippen LogP contribution in [0.4, 0.5) is 8.78 Å². The first-order valence-corrected chi connectivity index (χ1v) is 12.5. The fraction of sp³-hybridized carbons (Fsp3) is 1.00. The quantitative estimate of drug-likeness (QED) is 0.436. The molecule has 0 amide bonds. The molecule has 1 spiro atoms. The molecule has 1 unspecified atom stereocenters. The van der Waals surface area contributed by atoms with Crippen molar-refractivity contribution in [2.24, 2.45) is 10.8 Å². The summed E-state index contributed by atoms with van der Waals surface area (Å²) in [6.45, 7) is 17.2. The van der Waals surface area contributed by atoms with Crippen molar-refractivity contribution in [1.29, 1.82) is 0 Å². The number of nitrogens with zero attached hydrogens (tertiary/aromatic N) is 2. The highest BCUT2D eigenvalue weighted by molar-refractivity contribution is 7.81. The number of halogens is 2. The number of likely N-dealkylation sites (tertiary alicyclic amines) is 2. The highest BCUT2D eigenvalue weighted by Crippen LogP contribution is 2.44. The molecule has 2 heterocycles. The molecule has 1 aliphatic carbocycles. The largest absolute Gasteiger partial charge is 0.381 e. The Morgan fingerprint density at radius 2 is 1.52 bits per heavy atom. The fourth-order valence-corrected chi connectivity index (χ4v) is 6.21. The number of thiol groups is 1. The molecule has 0 aromatic rings. The van der Waals surface area contributed by atoms with Crippen LogP contribution < -0.4 is 0 Å². The molecular weight excluding hydrogens is 418 g/mol. The van der Waals surface area contributed by atoms with Crippen molar-refractivity contribution in [1.82, 2.24) is 9.80 Å². The lowest BCUT2D eigenvalue weighted by Gasteiger charge is -2.61. The van der Waals surface area contributed by atoms with Crippen LogP contribution in [0.25, 0.3) is 0 Å². The van der Waals surface area contributed by atoms with E-state index in [0.29, 0.717) is 24.5 Å². The SMILES string of the molecule is CC.CCN1CC2(C1)CN(CC(F)(F)CC(C)(C)CC(C)(S)COC1CC(OC)C1)C2. The highest BCUT2D eigenvalue weighted by atomic mass is 32.1. The molecular formula is C24H46F2N2O2S. The molecule has 3 aliphatic rings. The van der Waals surface area contributed by atoms with Crippen LogP contribution in [0.1, 0.15) is 67.2 Å². The van der Waals surface area contributed by atoms with E-state index in [1.165, 1.54) is 0 Å². The number of methoxy groups -OCH3 is 1. The van der Waals surface area contributed by atoms with E-state index in [4.69, 9.17) is 22.1 Å². The Hall–Kier alpha value is 0.0500. The standard InChI is InChI=1S/C22H40F2N2O2S.C2H6/c1-6-25-11-21(12-25)13-26(14-21)15-22(23,24)10-19(2,3)9-20(4,29)16-28-18-7-17(8-18)27-5;1-2/h17-18,29H,6-16H2,1-5H3;1-2H3. The third kappa shape index (κ3) is 7.80. The molecule has 0 N–H and O–H groups in total. The van der Waals surface area contributed by atoms with Gasteiger partial charge in [0.25, 0.3) is 5.92 Å². The Morgan fingerprint density at radius 1 is 0.968 bits per heavy atom. The molecule has 2 saturated heterocycles. The van der Waals surface area contributed by atoms with Crippen molar-refractivity contribution in [2.45, 2.75) is 90.1 Å². The van der Waals surface area contributed by atoms with Crippen molar-refractivity contribution in [3.8, 4) is 0 Å². The lowest BCUT2D eigenvalue weighted by atomic mass is 9.72. The molecule has 0 bridgehead atoms. The second-order valence-corrected chi connectivity index (χ2v) is 12.2. The average molecular weight is 465 g/mol. The summed E-state index contributed by atoms with van der Waals surface area (Å²) in [5, 5.41) is 0. The van der Waals surface area contributed by atoms with Crippen LogP contribution in [0.3, 0.4) is 0 Å². The Kier molecular flexibility index (Phi) is 9.28. The maximum absolute atomic E-state index is 14.8. The monoisotopic (exact) mass is 464 g/mol. The summed E-state index contributed by atoms with van der Waals surface area (Å²) >= 11 is 4.76. The van der Waals surface area contributed by atoms with Crippen molar-refractivity contribution in [2.75, 3.05) is 53.0 Å². The predicted octanol–water partition coefficient (Wildman–Crippen LogP) is 4.97. The van der Waals surface area contributed by atoms with Gasteiger partial charge < -0.3 is 14.4 Å². The minimum absolute atomic E-state index is 0.115. The first-order valence-electron chi connectivity index (χ1n) is 12.0. The summed E-state index contributed by atoms with van der Waals surface area (Å²) in [5.74, 6) is -2.68. The Labute approximate surface area is 194 Å². The molecule has 1 atom stereocenters. The summed E-state index contributed by atoms with van der Waals surface area (Å²) in [5.41, 5.74) is -0.206. The van der Waals surface area contributed by atoms with Crippen molar-refractivity contribution in [3.05, 3.63) is 0 Å². The Bertz CT molecular complexity index is 554. The van der Waals surface area contributed by atoms with Gasteiger partial charge in [0.15, 0.2) is 0 Å². The molecule has 1 saturated carbocycles. The van der Waals surface area contributed by atoms with Gasteiger partial charge in [0.2, 0.25) is 0 Å². The van der Waals surface area contributed by atoms with Crippen LogP contribution in [0.15, 0.2) is 0 Å². The van der Waals surface area contributed by atoms with Gasteiger partial charge in [-0.15, -0.1) is 0 Å². The van der Waals surface area contributed by atoms with Crippen LogP contribution >= 0.6 is 12.6 Å². The lowest BCUT2D eigenvalue weighted by Crippen LogP contribution is -2.72. The molecule has 7 heteroatoms. The second-order valence-electron chi connectivity index (χ2n) is 11.1. The minimum atomic E-state index is -2.68. The van der Waals surface area contributed by atoms with Gasteiger partial charge in [-0.2, -0.15) is 12.6 Å². The van der Waals surface area contributed by atoms with Crippen LogP contribution in [-0.4, -0.2) is 85.7 Å². The molecule has 4 nitrogen and oxygen atoms in total. The van der Waals surface area contributed by atoms with Gasteiger partial charge in [-0.3, -0.25) is 4.90 Å². The Morgan fingerprint density at radius 3 is 2.03 bits per heavy atom. The van der Waals surface area contributed by atoms with E-state index >= 15 is 0 Å². The second kappa shape index (κ2) is 10.5. The van der Waals surface area contributed by atoms with Gasteiger partial charge in [0.1, 0.15) is 0 Å². The van der Waals surface area contributed by atoms with Gasteiger partial charge in [-0.1, -0.05) is 34.6 Å². The van der Waals surface area contributed by atoms with Gasteiger partial charge in [-0.05, 0) is 38.1 Å². The zero-order chi connectivity index (χ0) is 23.5. The maximum Gasteiger partial charge on any atom is 0.261 e. The molecule has 184 valence electrons. The molecule has 2 aliphatic heterocycles. The van der Waals surface area contributed by atoms with E-state index in [9.17, 15) is 8.78 Å². The van der Waals surface area contributed by atoms with E-state index in [0.717, 1.165) is 45.6 Å². The van der Waals surface area contributed by atoms with Gasteiger partial charge in [0.05, 0.1) is 25.4 Å². The minimum Gasteiger partial charge on any atom is -0.381 e. The predicted molar refractivity (Wildman–Crippen MR) is 127 cm³/mol. The number of hydrogen-bond acceptors (Lipinski definition) is 5. The van der Waals surface area contributed by atoms with E-state index in [-0.39, 0.29) is 19.1 Å². The zero-order valence-corrected chi connectivity index (χ0v) is 21.7. The summed E-state index contributed by atoms with van der Waals surface area (Å²) in [6.07, 6.45) is 2.81. The van der Waals surface area contributed by atoms with Crippen molar-refractivity contribution < 1.29 is 18.3 Å². The first kappa shape index (κ1) is 27.3. The molecule has 0 aromatic carbocycles. The summed E-state index contributed by atoms with van der Waals surface area (Å²) in [7, 11) is 1.72. The number of hydrogen-bond donors (Lipinski definition) is 1. The smallest absolute Gasteiger partial charge is 0.261 e. The topological polar surface area (TPSA) is 24.9 Å². The van der Waals surface area contributed by atoms with Crippen LogP contribution in [0, 0.1) is 10.8 Å². The van der Waals surface area contributed by atoms with Crippen LogP contribution in [0.2, 0.25) is 0 Å². The van der Waals surface area contributed by atoms with Crippen LogP contribution in [0.5, 0.6) is 0 Å². The van der Waals surface area contributed by atoms with Crippen molar-refractivity contribution >= 4 is 12.6 Å². The highest BCUT2D eigenvalue weighted by Gasteiger charge is 2.53. The molecule has 3 rings (SSSR count). The molecule has 3 fully saturated rings. The van der Waals surface area contributed by atoms with Crippen molar-refractivity contribution in [3.63, 3.8) is 0 Å². The molecule has 31 heavy (non-hydrogen) atoms. The third-order valence-electron chi connectivity index (χ3n) is 6.75. The van der Waals surface area contributed by atoms with Gasteiger partial charge in [0, 0.05) is 49.9 Å². The average Bonchev–Trinajstić information content (AvgIpc) is 2.54. The third-order valence-corrected chi connectivity index (χ3v) is 7.04. The Balaban J connectivity index is 0.00000166. The fourth-order valence-electron chi connectivity index (χ4n) is 5.71. The summed E-state index contributed by atoms with van der Waals surface area (Å²) < 4.78 is 40.4. The van der Waals surface area contributed by atoms with E-state index < -0.39 is 16.1 Å². The number of alkyl halides is 2. The molecule has 0 aromatic heterocycles. The first-order chi connectivity index (χ1) is 14.3. The zero-order valence-electron chi connectivity index (χ0n) is 20.8. The number of rotatable bonds is 11. The molecule has 0 radical (unpaired) electrons. The van der Waals surface area contributed by atoms with Gasteiger partial charge >= 0.3 is 0 Å². The van der Waals surface area contributed by atoms with Crippen LogP contribution in [-0.2, 0) is 9.47 Å². The maximum atomic E-state index is 14.8. The van der Waals surface area contributed by atoms with E-state index in [2.05, 4.69) is 11.8 Å². The number of ether oxygens (including phenoxy) is 2. The summed E-state index contributed by atoms with van der Waals surface area (Å²) in [6, 6.07) is 0. The lowest BCUT2D eigenvalue weighted by molar-refractivity contribution is -0.152. The van der Waals surface area contributed by atoms with E-state index in [1.807, 2.05) is 39.5 Å². The van der Waals surface area contributed by atoms with Gasteiger partial charge in [-0.25, -0.2) is 8.78 Å².